The molecule has 4 radical (unpaired) electrons. The smallest absolute Gasteiger partial charge is 0.225 e. The van der Waals surface area contributed by atoms with Crippen molar-refractivity contribution in [3.63, 3.8) is 0 Å². The number of rotatable bonds is 4. The number of amides is 8. The molecular formula is C80H152N12O12Y4-4. The quantitative estimate of drug-likeness (QED) is 0.138. The predicted octanol–water partition coefficient (Wildman–Crippen LogP) is 12.0. The Kier molecular flexibility index (Phi) is 123. The number of nitrogens with zero attached hydrogens (tertiary/aromatic N) is 12. The number of fused-ring (bicyclic) bond motifs is 4. The van der Waals surface area contributed by atoms with Crippen LogP contribution in [0.4, 0.5) is 22.7 Å². The molecule has 0 aliphatic carbocycles. The van der Waals surface area contributed by atoms with Gasteiger partial charge in [0.05, 0.1) is 26.7 Å². The second kappa shape index (κ2) is 92.6. The van der Waals surface area contributed by atoms with Crippen LogP contribution in [-0.4, -0.2) is 245 Å². The van der Waals surface area contributed by atoms with Crippen molar-refractivity contribution < 1.29 is 190 Å². The van der Waals surface area contributed by atoms with E-state index in [1.165, 1.54) is 129 Å². The average molecular weight is 1830 g/mol. The summed E-state index contributed by atoms with van der Waals surface area (Å²) in [6.07, 6.45) is 0. The molecule has 0 fully saturated rings. The molecule has 620 valence electrons. The number of anilines is 4. The van der Waals surface area contributed by atoms with Crippen molar-refractivity contribution in [2.75, 3.05) is 157 Å². The minimum absolute atomic E-state index is 0. The van der Waals surface area contributed by atoms with Gasteiger partial charge in [0.2, 0.25) is 47.3 Å². The van der Waals surface area contributed by atoms with E-state index in [0.717, 1.165) is 127 Å². The number of aliphatic hydroxyl groups is 4. The van der Waals surface area contributed by atoms with Gasteiger partial charge in [-0.25, -0.2) is 0 Å². The van der Waals surface area contributed by atoms with E-state index in [-0.39, 0.29) is 208 Å². The number of carbonyl (C=O) groups is 8. The van der Waals surface area contributed by atoms with Crippen LogP contribution < -0.4 is 19.6 Å². The summed E-state index contributed by atoms with van der Waals surface area (Å²) in [5.74, 6) is -1.80. The molecule has 0 spiro atoms. The third-order valence-corrected chi connectivity index (χ3v) is 14.0. The minimum atomic E-state index is -0.225. The molecule has 4 aromatic rings. The Morgan fingerprint density at radius 2 is 0.389 bits per heavy atom. The van der Waals surface area contributed by atoms with Crippen LogP contribution in [0.15, 0.2) is 97.1 Å². The van der Waals surface area contributed by atoms with Gasteiger partial charge in [0.1, 0.15) is 0 Å². The maximum atomic E-state index is 10.3. The molecule has 8 rings (SSSR count). The molecule has 0 unspecified atom stereocenters. The van der Waals surface area contributed by atoms with E-state index in [0.29, 0.717) is 0 Å². The van der Waals surface area contributed by atoms with Crippen molar-refractivity contribution in [1.82, 2.24) is 39.2 Å². The summed E-state index contributed by atoms with van der Waals surface area (Å²) in [6, 6.07) is 34.7. The first-order valence-electron chi connectivity index (χ1n) is 34.3. The van der Waals surface area contributed by atoms with E-state index >= 15 is 0 Å². The summed E-state index contributed by atoms with van der Waals surface area (Å²) in [5.41, 5.74) is 11.4. The normalized spacial score (nSPS) is 11.2. The first kappa shape index (κ1) is 143. The molecule has 24 nitrogen and oxygen atoms in total. The fourth-order valence-corrected chi connectivity index (χ4v) is 8.61. The van der Waals surface area contributed by atoms with Crippen LogP contribution in [0.1, 0.15) is 161 Å². The van der Waals surface area contributed by atoms with Crippen LogP contribution in [0.5, 0.6) is 0 Å². The van der Waals surface area contributed by atoms with Gasteiger partial charge >= 0.3 is 0 Å². The maximum Gasteiger partial charge on any atom is 0.225 e. The van der Waals surface area contributed by atoms with Crippen molar-refractivity contribution in [1.29, 1.82) is 0 Å². The Balaban J connectivity index is -0.0000000621. The zero-order chi connectivity index (χ0) is 80.0. The molecule has 28 heteroatoms. The van der Waals surface area contributed by atoms with E-state index < -0.39 is 0 Å². The van der Waals surface area contributed by atoms with Gasteiger partial charge in [0.15, 0.2) is 0 Å². The number of imide groups is 4. The second-order valence-corrected chi connectivity index (χ2v) is 20.9. The van der Waals surface area contributed by atoms with E-state index in [4.69, 9.17) is 20.4 Å². The van der Waals surface area contributed by atoms with E-state index in [2.05, 4.69) is 192 Å². The SMILES string of the molecule is CC.CC.CC.CC.CC(=O)N(C)C(C)=O.CC(=O)N(C)C(C)=O.CC(=O)N(C)C(C)=O.CC(=O)N(C)C(C)=O.CCN1CN(C)Cc2ccccc21.CCN1CN(C)Cc2ccccc21.CCN1CN(C)Cc2ccccc21.CCN1CN(C)Cc2ccccc21.CO.CO.CO.CO.[CH3-].[CH3-].[CH3-].[CH3-].[Y].[Y].[Y].[Y]. The molecule has 0 atom stereocenters. The molecule has 0 saturated heterocycles. The van der Waals surface area contributed by atoms with Gasteiger partial charge in [-0.05, 0) is 102 Å². The topological polar surface area (TPSA) is 256 Å². The summed E-state index contributed by atoms with van der Waals surface area (Å²) in [4.78, 5) is 106. The molecule has 108 heavy (non-hydrogen) atoms. The standard InChI is InChI=1S/4C11H16N2.4C5H9NO2.4C2H6.4CH4O.4CH3.4Y/c4*1-3-13-9-12(2)8-10-6-4-5-7-11(10)13;4*1-4(7)6(3)5(2)8;8*1-2;;;;;;;;/h4*4-7H,3,8-9H2,1-2H3;4*1-3H3;4*1-2H3;4*2H,1H3;4*1H3;;;;/q;;;;;;;;;;;;;;;;4*-1;;;;. The number of hydrogen-bond acceptors (Lipinski definition) is 20. The van der Waals surface area contributed by atoms with Gasteiger partial charge < -0.3 is 69.7 Å². The Hall–Kier alpha value is -3.26. The van der Waals surface area contributed by atoms with Crippen molar-refractivity contribution in [3.05, 3.63) is 149 Å². The Bertz CT molecular complexity index is 2360. The van der Waals surface area contributed by atoms with Crippen molar-refractivity contribution in [2.45, 2.75) is 165 Å². The third kappa shape index (κ3) is 64.2. The Morgan fingerprint density at radius 1 is 0.278 bits per heavy atom. The van der Waals surface area contributed by atoms with Gasteiger partial charge in [0, 0.05) is 318 Å². The maximum absolute atomic E-state index is 10.3. The number of hydrogen-bond donors (Lipinski definition) is 4. The zero-order valence-electron chi connectivity index (χ0n) is 74.5. The number of aliphatic hydroxyl groups excluding tert-OH is 4. The van der Waals surface area contributed by atoms with Gasteiger partial charge in [-0.1, -0.05) is 128 Å². The average Bonchev–Trinajstić information content (AvgIpc) is 0.847. The molecule has 0 saturated carbocycles. The van der Waals surface area contributed by atoms with E-state index in [9.17, 15) is 38.4 Å². The van der Waals surface area contributed by atoms with Gasteiger partial charge in [0.25, 0.3) is 0 Å². The number of benzene rings is 4. The Morgan fingerprint density at radius 3 is 0.481 bits per heavy atom. The van der Waals surface area contributed by atoms with E-state index in [1.807, 2.05) is 55.4 Å². The summed E-state index contributed by atoms with van der Waals surface area (Å²) in [7, 11) is 18.5. The van der Waals surface area contributed by atoms with E-state index in [1.54, 1.807) is 0 Å². The summed E-state index contributed by atoms with van der Waals surface area (Å²) in [5, 5.41) is 28.0. The van der Waals surface area contributed by atoms with Crippen LogP contribution in [0.25, 0.3) is 0 Å². The largest absolute Gasteiger partial charge is 0.400 e. The molecule has 4 aliphatic heterocycles. The molecule has 0 bridgehead atoms. The van der Waals surface area contributed by atoms with Crippen molar-refractivity contribution in [3.8, 4) is 0 Å². The number of para-hydroxylation sites is 4. The molecule has 4 N–H and O–H groups in total. The fraction of sp³-hybridized carbons (Fsp3) is 0.550. The Labute approximate surface area is 761 Å². The van der Waals surface area contributed by atoms with Gasteiger partial charge in [-0.2, -0.15) is 0 Å². The molecule has 8 amide bonds. The molecule has 4 aromatic carbocycles. The number of carbonyl (C=O) groups excluding carboxylic acids is 8. The minimum Gasteiger partial charge on any atom is -0.400 e. The molecule has 4 heterocycles. The van der Waals surface area contributed by atoms with Gasteiger partial charge in [-0.3, -0.25) is 77.6 Å². The first-order chi connectivity index (χ1) is 47.4. The first-order valence-corrected chi connectivity index (χ1v) is 34.3. The van der Waals surface area contributed by atoms with Crippen LogP contribution in [0.2, 0.25) is 0 Å². The van der Waals surface area contributed by atoms with Crippen LogP contribution in [0, 0.1) is 29.7 Å². The van der Waals surface area contributed by atoms with Crippen molar-refractivity contribution in [2.24, 2.45) is 0 Å². The van der Waals surface area contributed by atoms with Crippen molar-refractivity contribution >= 4 is 70.0 Å². The second-order valence-electron chi connectivity index (χ2n) is 20.9. The molecule has 0 aromatic heterocycles. The predicted molar refractivity (Wildman–Crippen MR) is 443 cm³/mol. The van der Waals surface area contributed by atoms with Gasteiger partial charge in [-0.15, -0.1) is 0 Å². The molecule has 4 aliphatic rings. The van der Waals surface area contributed by atoms with Crippen LogP contribution in [0.3, 0.4) is 0 Å². The zero-order valence-corrected chi connectivity index (χ0v) is 85.8. The third-order valence-electron chi connectivity index (χ3n) is 14.0. The van der Waals surface area contributed by atoms with Crippen LogP contribution >= 0.6 is 0 Å². The monoisotopic (exact) mass is 1830 g/mol. The van der Waals surface area contributed by atoms with Crippen LogP contribution in [-0.2, 0) is 195 Å². The molecular weight excluding hydrogens is 1680 g/mol. The summed E-state index contributed by atoms with van der Waals surface area (Å²) in [6.45, 7) is 48.4. The summed E-state index contributed by atoms with van der Waals surface area (Å²) < 4.78 is 0. The summed E-state index contributed by atoms with van der Waals surface area (Å²) >= 11 is 0. The fourth-order valence-electron chi connectivity index (χ4n) is 8.61.